The van der Waals surface area contributed by atoms with E-state index in [0.29, 0.717) is 12.8 Å². The predicted octanol–water partition coefficient (Wildman–Crippen LogP) is 7.89. The monoisotopic (exact) mass is 420 g/mol. The SMILES string of the molecule is CCC(=O)c1ccc(-c2ccccc2)cc1.CCC(=O)c1cccc(-c2ccccc2)c1. The quantitative estimate of drug-likeness (QED) is 0.297. The summed E-state index contributed by atoms with van der Waals surface area (Å²) in [6.07, 6.45) is 1.11. The molecule has 0 saturated heterocycles. The Kier molecular flexibility index (Phi) is 8.28. The van der Waals surface area contributed by atoms with Gasteiger partial charge in [0.1, 0.15) is 0 Å². The van der Waals surface area contributed by atoms with E-state index in [1.54, 1.807) is 0 Å². The lowest BCUT2D eigenvalue weighted by molar-refractivity contribution is 0.0980. The van der Waals surface area contributed by atoms with Crippen molar-refractivity contribution in [3.05, 3.63) is 120 Å². The van der Waals surface area contributed by atoms with Gasteiger partial charge in [-0.3, -0.25) is 9.59 Å². The van der Waals surface area contributed by atoms with Crippen LogP contribution in [0, 0.1) is 0 Å². The van der Waals surface area contributed by atoms with E-state index in [-0.39, 0.29) is 11.6 Å². The van der Waals surface area contributed by atoms with Crippen LogP contribution >= 0.6 is 0 Å². The molecule has 0 N–H and O–H groups in total. The van der Waals surface area contributed by atoms with Gasteiger partial charge in [-0.15, -0.1) is 0 Å². The van der Waals surface area contributed by atoms with Crippen LogP contribution in [-0.2, 0) is 0 Å². The summed E-state index contributed by atoms with van der Waals surface area (Å²) in [4.78, 5) is 23.1. The van der Waals surface area contributed by atoms with Gasteiger partial charge in [0.25, 0.3) is 0 Å². The van der Waals surface area contributed by atoms with E-state index in [0.717, 1.165) is 27.8 Å². The standard InChI is InChI=1S/2C15H14O/c1-2-15(16)14-10-6-9-13(11-14)12-7-4-3-5-8-12;1-2-15(16)14-10-8-13(9-11-14)12-6-4-3-5-7-12/h2*3-11H,2H2,1H3. The van der Waals surface area contributed by atoms with E-state index in [1.807, 2.05) is 98.8 Å². The first-order chi connectivity index (χ1) is 15.6. The normalized spacial score (nSPS) is 10.1. The third kappa shape index (κ3) is 6.12. The highest BCUT2D eigenvalue weighted by Crippen LogP contribution is 2.21. The molecule has 0 aromatic heterocycles. The van der Waals surface area contributed by atoms with E-state index in [9.17, 15) is 9.59 Å². The maximum absolute atomic E-state index is 11.6. The molecule has 2 heteroatoms. The van der Waals surface area contributed by atoms with Gasteiger partial charge in [0, 0.05) is 24.0 Å². The Balaban J connectivity index is 0.000000181. The summed E-state index contributed by atoms with van der Waals surface area (Å²) < 4.78 is 0. The number of Topliss-reactive ketones (excluding diaryl/α,β-unsaturated/α-hetero) is 2. The number of carbonyl (C=O) groups excluding carboxylic acids is 2. The van der Waals surface area contributed by atoms with E-state index >= 15 is 0 Å². The van der Waals surface area contributed by atoms with Crippen LogP contribution in [0.2, 0.25) is 0 Å². The molecule has 4 aromatic carbocycles. The molecule has 2 nitrogen and oxygen atoms in total. The highest BCUT2D eigenvalue weighted by Gasteiger charge is 2.04. The van der Waals surface area contributed by atoms with Crippen molar-refractivity contribution in [2.75, 3.05) is 0 Å². The van der Waals surface area contributed by atoms with Crippen LogP contribution in [0.25, 0.3) is 22.3 Å². The summed E-state index contributed by atoms with van der Waals surface area (Å²) in [7, 11) is 0. The van der Waals surface area contributed by atoms with E-state index in [2.05, 4.69) is 24.3 Å². The van der Waals surface area contributed by atoms with Gasteiger partial charge >= 0.3 is 0 Å². The fourth-order valence-electron chi connectivity index (χ4n) is 3.39. The van der Waals surface area contributed by atoms with Crippen LogP contribution in [0.4, 0.5) is 0 Å². The zero-order valence-corrected chi connectivity index (χ0v) is 18.6. The topological polar surface area (TPSA) is 34.1 Å². The van der Waals surface area contributed by atoms with Crippen molar-refractivity contribution >= 4 is 11.6 Å². The van der Waals surface area contributed by atoms with Crippen LogP contribution in [0.1, 0.15) is 47.4 Å². The minimum atomic E-state index is 0.192. The molecule has 4 rings (SSSR count). The zero-order valence-electron chi connectivity index (χ0n) is 18.6. The van der Waals surface area contributed by atoms with Gasteiger partial charge in [-0.2, -0.15) is 0 Å². The molecule has 32 heavy (non-hydrogen) atoms. The van der Waals surface area contributed by atoms with E-state index < -0.39 is 0 Å². The van der Waals surface area contributed by atoms with Crippen molar-refractivity contribution in [1.82, 2.24) is 0 Å². The van der Waals surface area contributed by atoms with Gasteiger partial charge in [0.2, 0.25) is 0 Å². The second-order valence-electron chi connectivity index (χ2n) is 7.44. The second kappa shape index (κ2) is 11.6. The minimum Gasteiger partial charge on any atom is -0.294 e. The van der Waals surface area contributed by atoms with Gasteiger partial charge in [-0.25, -0.2) is 0 Å². The molecule has 160 valence electrons. The van der Waals surface area contributed by atoms with Crippen molar-refractivity contribution in [2.24, 2.45) is 0 Å². The second-order valence-corrected chi connectivity index (χ2v) is 7.44. The fourth-order valence-corrected chi connectivity index (χ4v) is 3.39. The highest BCUT2D eigenvalue weighted by molar-refractivity contribution is 5.97. The lowest BCUT2D eigenvalue weighted by atomic mass is 10.0. The molecule has 0 unspecified atom stereocenters. The molecule has 0 amide bonds. The first-order valence-electron chi connectivity index (χ1n) is 11.0. The Morgan fingerprint density at radius 3 is 1.44 bits per heavy atom. The third-order valence-electron chi connectivity index (χ3n) is 5.25. The number of hydrogen-bond acceptors (Lipinski definition) is 2. The van der Waals surface area contributed by atoms with Crippen LogP contribution in [0.3, 0.4) is 0 Å². The first-order valence-corrected chi connectivity index (χ1v) is 11.0. The molecule has 0 fully saturated rings. The molecule has 0 saturated carbocycles. The van der Waals surface area contributed by atoms with Crippen LogP contribution in [-0.4, -0.2) is 11.6 Å². The summed E-state index contributed by atoms with van der Waals surface area (Å²) in [5, 5.41) is 0. The highest BCUT2D eigenvalue weighted by atomic mass is 16.1. The molecule has 0 spiro atoms. The van der Waals surface area contributed by atoms with Crippen molar-refractivity contribution in [2.45, 2.75) is 26.7 Å². The summed E-state index contributed by atoms with van der Waals surface area (Å²) >= 11 is 0. The zero-order chi connectivity index (χ0) is 22.8. The van der Waals surface area contributed by atoms with E-state index in [4.69, 9.17) is 0 Å². The lowest BCUT2D eigenvalue weighted by Gasteiger charge is -2.03. The van der Waals surface area contributed by atoms with Gasteiger partial charge in [-0.1, -0.05) is 117 Å². The lowest BCUT2D eigenvalue weighted by Crippen LogP contribution is -1.96. The molecule has 0 heterocycles. The Bertz CT molecular complexity index is 1140. The van der Waals surface area contributed by atoms with Crippen molar-refractivity contribution < 1.29 is 9.59 Å². The minimum absolute atomic E-state index is 0.192. The summed E-state index contributed by atoms with van der Waals surface area (Å²) in [6, 6.07) is 35.8. The van der Waals surface area contributed by atoms with Gasteiger partial charge in [-0.05, 0) is 28.3 Å². The van der Waals surface area contributed by atoms with Crippen molar-refractivity contribution in [3.63, 3.8) is 0 Å². The predicted molar refractivity (Wildman–Crippen MR) is 133 cm³/mol. The molecule has 0 bridgehead atoms. The number of rotatable bonds is 6. The number of benzene rings is 4. The summed E-state index contributed by atoms with van der Waals surface area (Å²) in [6.45, 7) is 3.77. The Morgan fingerprint density at radius 1 is 0.469 bits per heavy atom. The third-order valence-corrected chi connectivity index (χ3v) is 5.25. The molecule has 4 aromatic rings. The largest absolute Gasteiger partial charge is 0.294 e. The first kappa shape index (κ1) is 22.9. The van der Waals surface area contributed by atoms with Crippen LogP contribution in [0.5, 0.6) is 0 Å². The molecule has 0 atom stereocenters. The number of hydrogen-bond donors (Lipinski definition) is 0. The summed E-state index contributed by atoms with van der Waals surface area (Å²) in [5.41, 5.74) is 6.16. The summed E-state index contributed by atoms with van der Waals surface area (Å²) in [5.74, 6) is 0.386. The average Bonchev–Trinajstić information content (AvgIpc) is 2.89. The Hall–Kier alpha value is -3.78. The maximum atomic E-state index is 11.6. The smallest absolute Gasteiger partial charge is 0.162 e. The van der Waals surface area contributed by atoms with Crippen LogP contribution < -0.4 is 0 Å². The molecular weight excluding hydrogens is 392 g/mol. The van der Waals surface area contributed by atoms with Gasteiger partial charge in [0.15, 0.2) is 11.6 Å². The molecule has 0 aliphatic heterocycles. The fraction of sp³-hybridized carbons (Fsp3) is 0.133. The van der Waals surface area contributed by atoms with Gasteiger partial charge < -0.3 is 0 Å². The Labute approximate surface area is 190 Å². The average molecular weight is 421 g/mol. The number of carbonyl (C=O) groups is 2. The molecule has 0 aliphatic carbocycles. The maximum Gasteiger partial charge on any atom is 0.162 e. The number of ketones is 2. The van der Waals surface area contributed by atoms with Crippen molar-refractivity contribution in [1.29, 1.82) is 0 Å². The van der Waals surface area contributed by atoms with Crippen molar-refractivity contribution in [3.8, 4) is 22.3 Å². The van der Waals surface area contributed by atoms with E-state index in [1.165, 1.54) is 5.56 Å². The molecule has 0 radical (unpaired) electrons. The molecule has 0 aliphatic rings. The van der Waals surface area contributed by atoms with Crippen LogP contribution in [0.15, 0.2) is 109 Å². The van der Waals surface area contributed by atoms with Gasteiger partial charge in [0.05, 0.1) is 0 Å². The molecular formula is C30H28O2. The Morgan fingerprint density at radius 2 is 0.906 bits per heavy atom.